The van der Waals surface area contributed by atoms with E-state index in [9.17, 15) is 0 Å². The highest BCUT2D eigenvalue weighted by Gasteiger charge is 2.23. The van der Waals surface area contributed by atoms with Gasteiger partial charge in [0.15, 0.2) is 0 Å². The Morgan fingerprint density at radius 3 is 2.23 bits per heavy atom. The van der Waals surface area contributed by atoms with E-state index in [2.05, 4.69) is 61.5 Å². The van der Waals surface area contributed by atoms with Crippen molar-refractivity contribution in [2.75, 3.05) is 0 Å². The van der Waals surface area contributed by atoms with Crippen molar-refractivity contribution in [1.82, 2.24) is 0 Å². The van der Waals surface area contributed by atoms with Crippen LogP contribution in [0.3, 0.4) is 0 Å². The molecular weight excluding hydrogens is 264 g/mol. The van der Waals surface area contributed by atoms with Gasteiger partial charge in [-0.15, -0.1) is 0 Å². The van der Waals surface area contributed by atoms with Crippen LogP contribution in [0.25, 0.3) is 11.1 Å². The van der Waals surface area contributed by atoms with Gasteiger partial charge in [0, 0.05) is 0 Å². The topological polar surface area (TPSA) is 0 Å². The Balaban J connectivity index is 1.74. The van der Waals surface area contributed by atoms with Gasteiger partial charge in [-0.3, -0.25) is 0 Å². The number of rotatable bonds is 5. The quantitative estimate of drug-likeness (QED) is 0.567. The molecule has 0 atom stereocenters. The van der Waals surface area contributed by atoms with E-state index in [0.717, 1.165) is 11.8 Å². The number of hydrogen-bond acceptors (Lipinski definition) is 0. The highest BCUT2D eigenvalue weighted by Crippen LogP contribution is 2.41. The van der Waals surface area contributed by atoms with Crippen molar-refractivity contribution in [2.24, 2.45) is 5.92 Å². The van der Waals surface area contributed by atoms with E-state index in [4.69, 9.17) is 0 Å². The van der Waals surface area contributed by atoms with Crippen LogP contribution in [0, 0.1) is 5.92 Å². The van der Waals surface area contributed by atoms with Crippen LogP contribution in [0.1, 0.15) is 63.4 Å². The van der Waals surface area contributed by atoms with Crippen molar-refractivity contribution in [1.29, 1.82) is 0 Å². The van der Waals surface area contributed by atoms with Crippen molar-refractivity contribution >= 4 is 0 Å². The summed E-state index contributed by atoms with van der Waals surface area (Å²) in [7, 11) is 0. The van der Waals surface area contributed by atoms with Gasteiger partial charge < -0.3 is 0 Å². The van der Waals surface area contributed by atoms with Gasteiger partial charge in [0.1, 0.15) is 0 Å². The standard InChI is InChI=1S/C22H28/c1-2-3-9-18-14-16-20(17-15-18)22-13-8-7-12-21(22)19-10-5-4-6-11-19/h4-8,10-13,18,20H,2-3,9,14-17H2,1H3. The first-order chi connectivity index (χ1) is 10.9. The fourth-order valence-electron chi connectivity index (χ4n) is 3.99. The summed E-state index contributed by atoms with van der Waals surface area (Å²) in [6.07, 6.45) is 9.80. The highest BCUT2D eigenvalue weighted by atomic mass is 14.3. The van der Waals surface area contributed by atoms with E-state index in [1.165, 1.54) is 56.1 Å². The lowest BCUT2D eigenvalue weighted by molar-refractivity contribution is 0.304. The van der Waals surface area contributed by atoms with Gasteiger partial charge in [-0.05, 0) is 54.2 Å². The molecule has 0 aromatic heterocycles. The summed E-state index contributed by atoms with van der Waals surface area (Å²) in [5, 5.41) is 0. The van der Waals surface area contributed by atoms with E-state index < -0.39 is 0 Å². The summed E-state index contributed by atoms with van der Waals surface area (Å²) in [6.45, 7) is 2.31. The van der Waals surface area contributed by atoms with Crippen LogP contribution in [0.4, 0.5) is 0 Å². The van der Waals surface area contributed by atoms with Crippen LogP contribution in [-0.4, -0.2) is 0 Å². The second kappa shape index (κ2) is 7.63. The molecule has 22 heavy (non-hydrogen) atoms. The zero-order chi connectivity index (χ0) is 15.2. The molecule has 0 saturated heterocycles. The second-order valence-electron chi connectivity index (χ2n) is 6.81. The summed E-state index contributed by atoms with van der Waals surface area (Å²) in [5.74, 6) is 1.74. The lowest BCUT2D eigenvalue weighted by Gasteiger charge is -2.30. The van der Waals surface area contributed by atoms with Crippen LogP contribution >= 0.6 is 0 Å². The molecule has 1 fully saturated rings. The molecule has 2 aromatic rings. The molecule has 1 aliphatic carbocycles. The Morgan fingerprint density at radius 1 is 0.818 bits per heavy atom. The first-order valence-electron chi connectivity index (χ1n) is 9.03. The molecule has 0 N–H and O–H groups in total. The van der Waals surface area contributed by atoms with Gasteiger partial charge in [-0.1, -0.05) is 80.8 Å². The molecule has 0 nitrogen and oxygen atoms in total. The third-order valence-electron chi connectivity index (χ3n) is 5.30. The maximum absolute atomic E-state index is 2.36. The van der Waals surface area contributed by atoms with Gasteiger partial charge >= 0.3 is 0 Å². The first kappa shape index (κ1) is 15.3. The SMILES string of the molecule is CCCCC1CCC(c2ccccc2-c2ccccc2)CC1. The molecule has 116 valence electrons. The Morgan fingerprint density at radius 2 is 1.50 bits per heavy atom. The molecule has 0 unspecified atom stereocenters. The minimum absolute atomic E-state index is 0.759. The summed E-state index contributed by atoms with van der Waals surface area (Å²) >= 11 is 0. The summed E-state index contributed by atoms with van der Waals surface area (Å²) in [4.78, 5) is 0. The minimum atomic E-state index is 0.759. The number of benzene rings is 2. The van der Waals surface area contributed by atoms with Gasteiger partial charge in [0.2, 0.25) is 0 Å². The average Bonchev–Trinajstić information content (AvgIpc) is 2.61. The van der Waals surface area contributed by atoms with Crippen molar-refractivity contribution in [3.05, 3.63) is 60.2 Å². The van der Waals surface area contributed by atoms with E-state index in [0.29, 0.717) is 0 Å². The molecule has 1 aliphatic rings. The molecule has 0 heteroatoms. The lowest BCUT2D eigenvalue weighted by atomic mass is 9.75. The third kappa shape index (κ3) is 3.61. The van der Waals surface area contributed by atoms with Gasteiger partial charge in [-0.2, -0.15) is 0 Å². The van der Waals surface area contributed by atoms with E-state index in [-0.39, 0.29) is 0 Å². The van der Waals surface area contributed by atoms with Crippen molar-refractivity contribution in [2.45, 2.75) is 57.8 Å². The molecule has 2 aromatic carbocycles. The lowest BCUT2D eigenvalue weighted by Crippen LogP contribution is -2.14. The second-order valence-corrected chi connectivity index (χ2v) is 6.81. The number of hydrogen-bond donors (Lipinski definition) is 0. The first-order valence-corrected chi connectivity index (χ1v) is 9.03. The predicted octanol–water partition coefficient (Wildman–Crippen LogP) is 6.82. The van der Waals surface area contributed by atoms with Crippen molar-refractivity contribution in [3.8, 4) is 11.1 Å². The number of unbranched alkanes of at least 4 members (excludes halogenated alkanes) is 1. The van der Waals surface area contributed by atoms with E-state index >= 15 is 0 Å². The molecule has 3 rings (SSSR count). The molecule has 0 amide bonds. The summed E-state index contributed by atoms with van der Waals surface area (Å²) in [6, 6.07) is 19.9. The fourth-order valence-corrected chi connectivity index (χ4v) is 3.99. The Kier molecular flexibility index (Phi) is 5.32. The maximum Gasteiger partial charge on any atom is -0.0149 e. The zero-order valence-corrected chi connectivity index (χ0v) is 13.8. The van der Waals surface area contributed by atoms with Gasteiger partial charge in [0.05, 0.1) is 0 Å². The smallest absolute Gasteiger partial charge is 0.0149 e. The Labute approximate surface area is 135 Å². The van der Waals surface area contributed by atoms with Gasteiger partial charge in [-0.25, -0.2) is 0 Å². The molecule has 0 heterocycles. The summed E-state index contributed by atoms with van der Waals surface area (Å²) in [5.41, 5.74) is 4.38. The highest BCUT2D eigenvalue weighted by molar-refractivity contribution is 5.68. The Hall–Kier alpha value is -1.56. The predicted molar refractivity (Wildman–Crippen MR) is 96.1 cm³/mol. The third-order valence-corrected chi connectivity index (χ3v) is 5.30. The van der Waals surface area contributed by atoms with Crippen molar-refractivity contribution in [3.63, 3.8) is 0 Å². The molecule has 0 bridgehead atoms. The average molecular weight is 292 g/mol. The maximum atomic E-state index is 2.36. The van der Waals surface area contributed by atoms with Crippen LogP contribution in [0.5, 0.6) is 0 Å². The molecule has 1 saturated carbocycles. The molecule has 0 spiro atoms. The zero-order valence-electron chi connectivity index (χ0n) is 13.8. The Bertz CT molecular complexity index is 562. The minimum Gasteiger partial charge on any atom is -0.0654 e. The van der Waals surface area contributed by atoms with E-state index in [1.807, 2.05) is 0 Å². The molecule has 0 radical (unpaired) electrons. The molecular formula is C22H28. The van der Waals surface area contributed by atoms with Crippen LogP contribution in [0.15, 0.2) is 54.6 Å². The molecule has 0 aliphatic heterocycles. The van der Waals surface area contributed by atoms with E-state index in [1.54, 1.807) is 5.56 Å². The monoisotopic (exact) mass is 292 g/mol. The van der Waals surface area contributed by atoms with Gasteiger partial charge in [0.25, 0.3) is 0 Å². The van der Waals surface area contributed by atoms with Crippen LogP contribution in [0.2, 0.25) is 0 Å². The van der Waals surface area contributed by atoms with Crippen molar-refractivity contribution < 1.29 is 0 Å². The van der Waals surface area contributed by atoms with Crippen LogP contribution in [-0.2, 0) is 0 Å². The van der Waals surface area contributed by atoms with Crippen LogP contribution < -0.4 is 0 Å². The normalized spacial score (nSPS) is 21.7. The largest absolute Gasteiger partial charge is 0.0654 e. The summed E-state index contributed by atoms with van der Waals surface area (Å²) < 4.78 is 0. The fraction of sp³-hybridized carbons (Fsp3) is 0.455.